The van der Waals surface area contributed by atoms with E-state index in [4.69, 9.17) is 10.3 Å². The van der Waals surface area contributed by atoms with E-state index in [2.05, 4.69) is 41.3 Å². The molecular weight excluding hydrogens is 447 g/mol. The number of piperidine rings is 1. The van der Waals surface area contributed by atoms with Crippen molar-refractivity contribution in [1.29, 1.82) is 0 Å². The molecule has 2 aromatic rings. The van der Waals surface area contributed by atoms with E-state index in [1.807, 2.05) is 6.07 Å². The Labute approximate surface area is 172 Å². The number of nitrogens with one attached hydrogen (secondary N) is 1. The zero-order chi connectivity index (χ0) is 16.9. The fraction of sp³-hybridized carbons (Fsp3) is 0.467. The van der Waals surface area contributed by atoms with E-state index in [-0.39, 0.29) is 43.2 Å². The van der Waals surface area contributed by atoms with Gasteiger partial charge >= 0.3 is 0 Å². The zero-order valence-corrected chi connectivity index (χ0v) is 17.1. The predicted octanol–water partition coefficient (Wildman–Crippen LogP) is 2.38. The molecule has 1 aliphatic heterocycles. The summed E-state index contributed by atoms with van der Waals surface area (Å²) >= 11 is 3.32. The first-order valence-corrected chi connectivity index (χ1v) is 8.59. The summed E-state index contributed by atoms with van der Waals surface area (Å²) in [4.78, 5) is 22.9. The quantitative estimate of drug-likeness (QED) is 0.694. The Morgan fingerprint density at radius 1 is 1.35 bits per heavy atom. The van der Waals surface area contributed by atoms with Crippen molar-refractivity contribution in [3.63, 3.8) is 0 Å². The Balaban J connectivity index is 0.00000169. The van der Waals surface area contributed by atoms with Crippen LogP contribution in [0.4, 0.5) is 5.82 Å². The van der Waals surface area contributed by atoms with E-state index < -0.39 is 0 Å². The number of pyridine rings is 1. The number of rotatable bonds is 5. The van der Waals surface area contributed by atoms with Gasteiger partial charge in [0.25, 0.3) is 0 Å². The van der Waals surface area contributed by atoms with E-state index in [9.17, 15) is 4.79 Å². The fourth-order valence-corrected chi connectivity index (χ4v) is 2.90. The molecule has 8 nitrogen and oxygen atoms in total. The summed E-state index contributed by atoms with van der Waals surface area (Å²) in [7, 11) is 0. The maximum absolute atomic E-state index is 12.3. The summed E-state index contributed by atoms with van der Waals surface area (Å²) in [5, 5.41) is 6.77. The number of hydrogen-bond donors (Lipinski definition) is 2. The van der Waals surface area contributed by atoms with Gasteiger partial charge in [0.1, 0.15) is 5.82 Å². The molecule has 0 spiro atoms. The lowest BCUT2D eigenvalue weighted by Crippen LogP contribution is -2.38. The highest BCUT2D eigenvalue weighted by molar-refractivity contribution is 9.10. The lowest BCUT2D eigenvalue weighted by Gasteiger charge is -2.30. The summed E-state index contributed by atoms with van der Waals surface area (Å²) in [6, 6.07) is 3.63. The van der Waals surface area contributed by atoms with Crippen LogP contribution in [-0.4, -0.2) is 39.0 Å². The van der Waals surface area contributed by atoms with Crippen molar-refractivity contribution in [2.45, 2.75) is 25.9 Å². The molecule has 0 atom stereocenters. The highest BCUT2D eigenvalue weighted by Crippen LogP contribution is 2.20. The first-order chi connectivity index (χ1) is 11.6. The average Bonchev–Trinajstić information content (AvgIpc) is 3.05. The molecular formula is C15H21BrCl2N6O2. The predicted molar refractivity (Wildman–Crippen MR) is 105 cm³/mol. The summed E-state index contributed by atoms with van der Waals surface area (Å²) in [5.41, 5.74) is 5.46. The van der Waals surface area contributed by atoms with Gasteiger partial charge in [-0.2, -0.15) is 4.98 Å². The number of nitrogens with zero attached hydrogens (tertiary/aromatic N) is 4. The third-order valence-corrected chi connectivity index (χ3v) is 4.46. The SMILES string of the molecule is Cl.Cl.NCc1nc(CN2CCC(C(=O)Nc3ccc(Br)cn3)CC2)no1. The van der Waals surface area contributed by atoms with E-state index in [1.54, 1.807) is 12.3 Å². The summed E-state index contributed by atoms with van der Waals surface area (Å²) in [6.07, 6.45) is 3.26. The second-order valence-corrected chi connectivity index (χ2v) is 6.63. The molecule has 1 amide bonds. The van der Waals surface area contributed by atoms with Gasteiger partial charge in [0.05, 0.1) is 13.1 Å². The highest BCUT2D eigenvalue weighted by Gasteiger charge is 2.26. The van der Waals surface area contributed by atoms with Crippen molar-refractivity contribution in [1.82, 2.24) is 20.0 Å². The van der Waals surface area contributed by atoms with Crippen LogP contribution in [0.5, 0.6) is 0 Å². The number of nitrogens with two attached hydrogens (primary N) is 1. The molecule has 0 saturated carbocycles. The molecule has 0 bridgehead atoms. The van der Waals surface area contributed by atoms with Crippen molar-refractivity contribution in [2.75, 3.05) is 18.4 Å². The molecule has 1 fully saturated rings. The number of carbonyl (C=O) groups is 1. The molecule has 2 aromatic heterocycles. The van der Waals surface area contributed by atoms with Gasteiger partial charge in [0.2, 0.25) is 11.8 Å². The number of likely N-dealkylation sites (tertiary alicyclic amines) is 1. The first-order valence-electron chi connectivity index (χ1n) is 7.80. The molecule has 11 heteroatoms. The Morgan fingerprint density at radius 3 is 2.65 bits per heavy atom. The topological polar surface area (TPSA) is 110 Å². The molecule has 0 unspecified atom stereocenters. The molecule has 3 rings (SSSR count). The molecule has 0 aromatic carbocycles. The van der Waals surface area contributed by atoms with Crippen molar-refractivity contribution < 1.29 is 9.32 Å². The van der Waals surface area contributed by atoms with Gasteiger partial charge in [0.15, 0.2) is 5.82 Å². The number of carbonyl (C=O) groups excluding carboxylic acids is 1. The van der Waals surface area contributed by atoms with Crippen molar-refractivity contribution in [3.05, 3.63) is 34.5 Å². The van der Waals surface area contributed by atoms with Gasteiger partial charge in [-0.1, -0.05) is 5.16 Å². The van der Waals surface area contributed by atoms with Crippen LogP contribution in [0.25, 0.3) is 0 Å². The van der Waals surface area contributed by atoms with Gasteiger partial charge in [-0.25, -0.2) is 4.98 Å². The summed E-state index contributed by atoms with van der Waals surface area (Å²) in [5.74, 6) is 1.68. The van der Waals surface area contributed by atoms with Crippen LogP contribution >= 0.6 is 40.7 Å². The van der Waals surface area contributed by atoms with Crippen LogP contribution in [0, 0.1) is 5.92 Å². The molecule has 0 radical (unpaired) electrons. The number of amides is 1. The molecule has 26 heavy (non-hydrogen) atoms. The van der Waals surface area contributed by atoms with Crippen LogP contribution in [-0.2, 0) is 17.9 Å². The minimum Gasteiger partial charge on any atom is -0.338 e. The van der Waals surface area contributed by atoms with Crippen molar-refractivity contribution in [2.24, 2.45) is 11.7 Å². The summed E-state index contributed by atoms with van der Waals surface area (Å²) in [6.45, 7) is 2.50. The zero-order valence-electron chi connectivity index (χ0n) is 13.9. The number of aromatic nitrogens is 3. The molecule has 3 heterocycles. The number of hydrogen-bond acceptors (Lipinski definition) is 7. The largest absolute Gasteiger partial charge is 0.338 e. The Kier molecular flexibility index (Phi) is 9.45. The smallest absolute Gasteiger partial charge is 0.240 e. The van der Waals surface area contributed by atoms with Crippen molar-refractivity contribution in [3.8, 4) is 0 Å². The maximum atomic E-state index is 12.3. The molecule has 1 saturated heterocycles. The lowest BCUT2D eigenvalue weighted by atomic mass is 9.96. The standard InChI is InChI=1S/C15H19BrN6O2.2ClH/c16-11-1-2-12(18-8-11)20-15(23)10-3-5-22(6-4-10)9-13-19-14(7-17)24-21-13;;/h1-2,8,10H,3-7,9,17H2,(H,18,20,23);2*1H. The average molecular weight is 468 g/mol. The van der Waals surface area contributed by atoms with Crippen LogP contribution in [0.15, 0.2) is 27.3 Å². The van der Waals surface area contributed by atoms with Gasteiger partial charge < -0.3 is 15.6 Å². The molecule has 144 valence electrons. The normalized spacial score (nSPS) is 15.0. The maximum Gasteiger partial charge on any atom is 0.240 e. The second-order valence-electron chi connectivity index (χ2n) is 5.71. The fourth-order valence-electron chi connectivity index (χ4n) is 2.67. The minimum atomic E-state index is -0.00318. The summed E-state index contributed by atoms with van der Waals surface area (Å²) < 4.78 is 5.88. The van der Waals surface area contributed by atoms with Crippen LogP contribution < -0.4 is 11.1 Å². The Morgan fingerprint density at radius 2 is 2.08 bits per heavy atom. The van der Waals surface area contributed by atoms with Gasteiger partial charge in [-0.05, 0) is 54.0 Å². The number of halogens is 3. The molecule has 3 N–H and O–H groups in total. The van der Waals surface area contributed by atoms with Crippen LogP contribution in [0.3, 0.4) is 0 Å². The minimum absolute atomic E-state index is 0. The molecule has 1 aliphatic rings. The van der Waals surface area contributed by atoms with Crippen molar-refractivity contribution >= 4 is 52.5 Å². The van der Waals surface area contributed by atoms with E-state index in [0.717, 1.165) is 30.4 Å². The van der Waals surface area contributed by atoms with E-state index >= 15 is 0 Å². The first kappa shape index (κ1) is 22.8. The van der Waals surface area contributed by atoms with Gasteiger partial charge in [-0.3, -0.25) is 9.69 Å². The van der Waals surface area contributed by atoms with Crippen LogP contribution in [0.1, 0.15) is 24.6 Å². The number of anilines is 1. The van der Waals surface area contributed by atoms with E-state index in [0.29, 0.717) is 24.1 Å². The molecule has 0 aliphatic carbocycles. The Hall–Kier alpha value is -1.26. The third-order valence-electron chi connectivity index (χ3n) is 3.99. The van der Waals surface area contributed by atoms with Crippen LogP contribution in [0.2, 0.25) is 0 Å². The van der Waals surface area contributed by atoms with E-state index in [1.165, 1.54) is 0 Å². The van der Waals surface area contributed by atoms with Gasteiger partial charge in [0, 0.05) is 16.6 Å². The van der Waals surface area contributed by atoms with Gasteiger partial charge in [-0.15, -0.1) is 24.8 Å². The highest BCUT2D eigenvalue weighted by atomic mass is 79.9. The monoisotopic (exact) mass is 466 g/mol. The lowest BCUT2D eigenvalue weighted by molar-refractivity contribution is -0.121. The Bertz CT molecular complexity index is 692. The second kappa shape index (κ2) is 10.8. The third kappa shape index (κ3) is 6.17.